The highest BCUT2D eigenvalue weighted by Gasteiger charge is 2.35. The van der Waals surface area contributed by atoms with Gasteiger partial charge in [0.15, 0.2) is 0 Å². The van der Waals surface area contributed by atoms with Crippen molar-refractivity contribution in [2.24, 2.45) is 5.92 Å². The maximum Gasteiger partial charge on any atom is 0.264 e. The van der Waals surface area contributed by atoms with Gasteiger partial charge in [0.2, 0.25) is 11.8 Å². The Morgan fingerprint density at radius 1 is 0.891 bits per heavy atom. The number of hydrogen-bond donors (Lipinski definition) is 1. The molecule has 0 bridgehead atoms. The number of nitrogens with zero attached hydrogens (tertiary/aromatic N) is 2. The first kappa shape index (κ1) is 34.5. The summed E-state index contributed by atoms with van der Waals surface area (Å²) in [5, 5.41) is 3.27. The van der Waals surface area contributed by atoms with Gasteiger partial charge >= 0.3 is 0 Å². The van der Waals surface area contributed by atoms with Crippen molar-refractivity contribution >= 4 is 39.1 Å². The predicted octanol–water partition coefficient (Wildman–Crippen LogP) is 6.26. The molecule has 4 aromatic carbocycles. The average Bonchev–Trinajstić information content (AvgIpc) is 3.05. The van der Waals surface area contributed by atoms with Gasteiger partial charge in [0.25, 0.3) is 10.0 Å². The molecule has 8 nitrogen and oxygen atoms in total. The fourth-order valence-electron chi connectivity index (χ4n) is 5.04. The number of hydrogen-bond acceptors (Lipinski definition) is 5. The van der Waals surface area contributed by atoms with Gasteiger partial charge in [-0.2, -0.15) is 0 Å². The lowest BCUT2D eigenvalue weighted by atomic mass is 10.0. The summed E-state index contributed by atoms with van der Waals surface area (Å²) in [5.41, 5.74) is 2.74. The lowest BCUT2D eigenvalue weighted by molar-refractivity contribution is -0.140. The quantitative estimate of drug-likeness (QED) is 0.172. The van der Waals surface area contributed by atoms with Gasteiger partial charge in [-0.25, -0.2) is 8.42 Å². The topological polar surface area (TPSA) is 96.0 Å². The van der Waals surface area contributed by atoms with E-state index < -0.39 is 28.5 Å². The van der Waals surface area contributed by atoms with Gasteiger partial charge in [0.1, 0.15) is 18.3 Å². The van der Waals surface area contributed by atoms with Crippen LogP contribution in [0.1, 0.15) is 30.5 Å². The molecule has 0 spiro atoms. The molecule has 1 N–H and O–H groups in total. The van der Waals surface area contributed by atoms with Gasteiger partial charge in [-0.3, -0.25) is 13.9 Å². The standard InChI is InChI=1S/C36H40ClN3O5S/c1-26(2)23-38-36(42)33(21-28-14-7-5-8-15-28)39(24-29-16-12-11-13-27(29)3)35(41)25-40(32-22-30(37)19-20-34(32)45-4)46(43,44)31-17-9-6-10-18-31/h5-20,22,26,33H,21,23-25H2,1-4H3,(H,38,42)/t33-/m1/s1. The zero-order valence-electron chi connectivity index (χ0n) is 26.5. The zero-order valence-corrected chi connectivity index (χ0v) is 28.1. The second kappa shape index (κ2) is 15.8. The number of ether oxygens (including phenoxy) is 1. The summed E-state index contributed by atoms with van der Waals surface area (Å²) >= 11 is 6.36. The Morgan fingerprint density at radius 2 is 1.52 bits per heavy atom. The van der Waals surface area contributed by atoms with Crippen molar-refractivity contribution in [2.45, 2.75) is 44.7 Å². The number of sulfonamides is 1. The van der Waals surface area contributed by atoms with Crippen LogP contribution < -0.4 is 14.4 Å². The minimum Gasteiger partial charge on any atom is -0.495 e. The number of carbonyl (C=O) groups is 2. The summed E-state index contributed by atoms with van der Waals surface area (Å²) in [6, 6.07) is 28.6. The average molecular weight is 662 g/mol. The summed E-state index contributed by atoms with van der Waals surface area (Å²) in [4.78, 5) is 30.0. The van der Waals surface area contributed by atoms with Crippen LogP contribution in [0, 0.1) is 12.8 Å². The molecule has 4 rings (SSSR count). The Labute approximate surface area is 277 Å². The zero-order chi connectivity index (χ0) is 33.3. The molecular formula is C36H40ClN3O5S. The second-order valence-corrected chi connectivity index (χ2v) is 13.7. The third-order valence-electron chi connectivity index (χ3n) is 7.58. The number of aryl methyl sites for hydroxylation is 1. The van der Waals surface area contributed by atoms with E-state index in [1.54, 1.807) is 30.3 Å². The minimum atomic E-state index is -4.29. The number of anilines is 1. The van der Waals surface area contributed by atoms with Gasteiger partial charge in [0, 0.05) is 24.5 Å². The lowest BCUT2D eigenvalue weighted by Gasteiger charge is -2.34. The van der Waals surface area contributed by atoms with Crippen LogP contribution in [0.15, 0.2) is 108 Å². The molecule has 0 radical (unpaired) electrons. The number of rotatable bonds is 14. The third kappa shape index (κ3) is 8.68. The van der Waals surface area contributed by atoms with Crippen molar-refractivity contribution < 1.29 is 22.7 Å². The molecule has 0 aliphatic rings. The largest absolute Gasteiger partial charge is 0.495 e. The van der Waals surface area contributed by atoms with E-state index in [0.29, 0.717) is 6.54 Å². The van der Waals surface area contributed by atoms with Gasteiger partial charge in [-0.15, -0.1) is 0 Å². The SMILES string of the molecule is COc1ccc(Cl)cc1N(CC(=O)N(Cc1ccccc1C)[C@H](Cc1ccccc1)C(=O)NCC(C)C)S(=O)(=O)c1ccccc1. The first-order valence-electron chi connectivity index (χ1n) is 15.1. The number of nitrogens with one attached hydrogen (secondary N) is 1. The van der Waals surface area contributed by atoms with Crippen LogP contribution in [-0.4, -0.2) is 51.4 Å². The highest BCUT2D eigenvalue weighted by atomic mass is 35.5. The molecule has 0 aliphatic heterocycles. The van der Waals surface area contributed by atoms with E-state index in [4.69, 9.17) is 16.3 Å². The third-order valence-corrected chi connectivity index (χ3v) is 9.59. The van der Waals surface area contributed by atoms with E-state index in [0.717, 1.165) is 21.0 Å². The molecule has 4 aromatic rings. The highest BCUT2D eigenvalue weighted by molar-refractivity contribution is 7.92. The molecular weight excluding hydrogens is 622 g/mol. The number of amides is 2. The van der Waals surface area contributed by atoms with E-state index >= 15 is 0 Å². The van der Waals surface area contributed by atoms with Gasteiger partial charge < -0.3 is 15.0 Å². The number of halogens is 1. The summed E-state index contributed by atoms with van der Waals surface area (Å²) in [7, 11) is -2.87. The molecule has 10 heteroatoms. The van der Waals surface area contributed by atoms with Crippen molar-refractivity contribution in [1.82, 2.24) is 10.2 Å². The van der Waals surface area contributed by atoms with E-state index in [-0.39, 0.29) is 46.1 Å². The van der Waals surface area contributed by atoms with Crippen molar-refractivity contribution in [3.63, 3.8) is 0 Å². The van der Waals surface area contributed by atoms with Crippen LogP contribution in [0.3, 0.4) is 0 Å². The van der Waals surface area contributed by atoms with E-state index in [2.05, 4.69) is 5.32 Å². The van der Waals surface area contributed by atoms with Crippen molar-refractivity contribution in [2.75, 3.05) is 24.5 Å². The minimum absolute atomic E-state index is 0.00852. The Hall–Kier alpha value is -4.34. The van der Waals surface area contributed by atoms with Crippen LogP contribution in [0.5, 0.6) is 5.75 Å². The molecule has 0 heterocycles. The van der Waals surface area contributed by atoms with Crippen molar-refractivity contribution in [3.05, 3.63) is 125 Å². The van der Waals surface area contributed by atoms with Gasteiger partial charge in [0.05, 0.1) is 17.7 Å². The maximum absolute atomic E-state index is 14.6. The fourth-order valence-corrected chi connectivity index (χ4v) is 6.64. The molecule has 0 saturated carbocycles. The number of carbonyl (C=O) groups excluding carboxylic acids is 2. The van der Waals surface area contributed by atoms with Crippen LogP contribution in [0.2, 0.25) is 5.02 Å². The molecule has 0 saturated heterocycles. The smallest absolute Gasteiger partial charge is 0.264 e. The van der Waals surface area contributed by atoms with Crippen LogP contribution in [0.4, 0.5) is 5.69 Å². The van der Waals surface area contributed by atoms with E-state index in [9.17, 15) is 18.0 Å². The normalized spacial score (nSPS) is 12.0. The Kier molecular flexibility index (Phi) is 11.8. The van der Waals surface area contributed by atoms with Crippen LogP contribution in [0.25, 0.3) is 0 Å². The molecule has 0 aromatic heterocycles. The summed E-state index contributed by atoms with van der Waals surface area (Å²) in [6.07, 6.45) is 0.230. The Balaban J connectivity index is 1.85. The second-order valence-electron chi connectivity index (χ2n) is 11.4. The molecule has 46 heavy (non-hydrogen) atoms. The first-order chi connectivity index (χ1) is 22.0. The number of benzene rings is 4. The van der Waals surface area contributed by atoms with Crippen LogP contribution in [-0.2, 0) is 32.6 Å². The fraction of sp³-hybridized carbons (Fsp3) is 0.278. The molecule has 242 valence electrons. The summed E-state index contributed by atoms with van der Waals surface area (Å²) in [6.45, 7) is 5.82. The highest BCUT2D eigenvalue weighted by Crippen LogP contribution is 2.35. The van der Waals surface area contributed by atoms with E-state index in [1.165, 1.54) is 30.2 Å². The summed E-state index contributed by atoms with van der Waals surface area (Å²) in [5.74, 6) is -0.482. The summed E-state index contributed by atoms with van der Waals surface area (Å²) < 4.78 is 35.0. The maximum atomic E-state index is 14.6. The molecule has 0 aliphatic carbocycles. The Bertz CT molecular complexity index is 1730. The lowest BCUT2D eigenvalue weighted by Crippen LogP contribution is -2.53. The molecule has 0 unspecified atom stereocenters. The van der Waals surface area contributed by atoms with E-state index in [1.807, 2.05) is 75.4 Å². The number of methoxy groups -OCH3 is 1. The predicted molar refractivity (Wildman–Crippen MR) is 182 cm³/mol. The first-order valence-corrected chi connectivity index (χ1v) is 16.9. The molecule has 0 fully saturated rings. The Morgan fingerprint density at radius 3 is 2.15 bits per heavy atom. The monoisotopic (exact) mass is 661 g/mol. The van der Waals surface area contributed by atoms with Gasteiger partial charge in [-0.1, -0.05) is 98.2 Å². The van der Waals surface area contributed by atoms with Crippen molar-refractivity contribution in [3.8, 4) is 5.75 Å². The van der Waals surface area contributed by atoms with Gasteiger partial charge in [-0.05, 0) is 59.9 Å². The van der Waals surface area contributed by atoms with Crippen molar-refractivity contribution in [1.29, 1.82) is 0 Å². The molecule has 2 amide bonds. The molecule has 1 atom stereocenters. The van der Waals surface area contributed by atoms with Crippen LogP contribution >= 0.6 is 11.6 Å².